The van der Waals surface area contributed by atoms with E-state index in [9.17, 15) is 9.18 Å². The third-order valence-electron chi connectivity index (χ3n) is 3.72. The second kappa shape index (κ2) is 7.74. The minimum Gasteiger partial charge on any atom is -0.497 e. The molecule has 2 rings (SSSR count). The number of amides is 1. The number of anilines is 1. The number of hydrogen-bond donors (Lipinski definition) is 1. The zero-order valence-corrected chi connectivity index (χ0v) is 13.5. The second-order valence-electron chi connectivity index (χ2n) is 5.44. The summed E-state index contributed by atoms with van der Waals surface area (Å²) in [6.07, 6.45) is 0. The van der Waals surface area contributed by atoms with E-state index in [-0.39, 0.29) is 17.8 Å². The highest BCUT2D eigenvalue weighted by atomic mass is 19.1. The molecular formula is C18H21FN2O2. The molecule has 0 aliphatic heterocycles. The Morgan fingerprint density at radius 1 is 1.26 bits per heavy atom. The number of benzene rings is 2. The number of nitrogens with zero attached hydrogens (tertiary/aromatic N) is 1. The van der Waals surface area contributed by atoms with Crippen LogP contribution >= 0.6 is 0 Å². The molecular weight excluding hydrogens is 295 g/mol. The van der Waals surface area contributed by atoms with E-state index in [1.165, 1.54) is 12.1 Å². The molecule has 0 aliphatic carbocycles. The van der Waals surface area contributed by atoms with Crippen molar-refractivity contribution in [3.63, 3.8) is 0 Å². The quantitative estimate of drug-likeness (QED) is 0.889. The van der Waals surface area contributed by atoms with Crippen molar-refractivity contribution in [3.8, 4) is 5.75 Å². The highest BCUT2D eigenvalue weighted by Gasteiger charge is 2.18. The van der Waals surface area contributed by atoms with E-state index in [4.69, 9.17) is 4.74 Å². The average molecular weight is 316 g/mol. The molecule has 2 aromatic rings. The first kappa shape index (κ1) is 17.0. The molecule has 0 saturated carbocycles. The fraction of sp³-hybridized carbons (Fsp3) is 0.278. The van der Waals surface area contributed by atoms with Crippen molar-refractivity contribution in [2.45, 2.75) is 19.5 Å². The average Bonchev–Trinajstić information content (AvgIpc) is 2.56. The van der Waals surface area contributed by atoms with E-state index in [2.05, 4.69) is 5.32 Å². The maximum atomic E-state index is 12.9. The largest absolute Gasteiger partial charge is 0.497 e. The highest BCUT2D eigenvalue weighted by molar-refractivity contribution is 5.94. The Morgan fingerprint density at radius 2 is 1.96 bits per heavy atom. The van der Waals surface area contributed by atoms with Crippen molar-refractivity contribution in [2.24, 2.45) is 0 Å². The molecule has 0 spiro atoms. The molecule has 0 unspecified atom stereocenters. The van der Waals surface area contributed by atoms with Gasteiger partial charge in [-0.15, -0.1) is 0 Å². The van der Waals surface area contributed by atoms with Gasteiger partial charge < -0.3 is 10.1 Å². The van der Waals surface area contributed by atoms with Gasteiger partial charge >= 0.3 is 0 Å². The van der Waals surface area contributed by atoms with Crippen LogP contribution in [0, 0.1) is 5.82 Å². The van der Waals surface area contributed by atoms with Crippen LogP contribution in [0.4, 0.5) is 10.1 Å². The van der Waals surface area contributed by atoms with Crippen molar-refractivity contribution in [3.05, 3.63) is 59.9 Å². The number of halogens is 1. The SMILES string of the molecule is COc1cccc(CN(C)[C@H](C)C(=O)Nc2ccc(F)cc2)c1. The van der Waals surface area contributed by atoms with Crippen LogP contribution in [0.2, 0.25) is 0 Å². The molecule has 0 radical (unpaired) electrons. The Labute approximate surface area is 135 Å². The van der Waals surface area contributed by atoms with Crippen LogP contribution in [0.5, 0.6) is 5.75 Å². The predicted molar refractivity (Wildman–Crippen MR) is 89.0 cm³/mol. The molecule has 0 bridgehead atoms. The molecule has 122 valence electrons. The van der Waals surface area contributed by atoms with Crippen LogP contribution in [0.3, 0.4) is 0 Å². The summed E-state index contributed by atoms with van der Waals surface area (Å²) in [6, 6.07) is 13.1. The van der Waals surface area contributed by atoms with Gasteiger partial charge in [0.1, 0.15) is 11.6 Å². The summed E-state index contributed by atoms with van der Waals surface area (Å²) >= 11 is 0. The lowest BCUT2D eigenvalue weighted by atomic mass is 10.1. The molecule has 23 heavy (non-hydrogen) atoms. The molecule has 5 heteroatoms. The Hall–Kier alpha value is -2.40. The smallest absolute Gasteiger partial charge is 0.241 e. The fourth-order valence-electron chi connectivity index (χ4n) is 2.18. The van der Waals surface area contributed by atoms with Gasteiger partial charge in [-0.05, 0) is 55.9 Å². The van der Waals surface area contributed by atoms with Crippen LogP contribution in [0.1, 0.15) is 12.5 Å². The summed E-state index contributed by atoms with van der Waals surface area (Å²) in [5, 5.41) is 2.79. The highest BCUT2D eigenvalue weighted by Crippen LogP contribution is 2.15. The van der Waals surface area contributed by atoms with Crippen LogP contribution in [0.25, 0.3) is 0 Å². The van der Waals surface area contributed by atoms with Crippen LogP contribution in [0.15, 0.2) is 48.5 Å². The number of ether oxygens (including phenoxy) is 1. The van der Waals surface area contributed by atoms with Gasteiger partial charge in [0.15, 0.2) is 0 Å². The van der Waals surface area contributed by atoms with E-state index in [1.807, 2.05) is 43.1 Å². The lowest BCUT2D eigenvalue weighted by Crippen LogP contribution is -2.39. The first-order chi connectivity index (χ1) is 11.0. The lowest BCUT2D eigenvalue weighted by molar-refractivity contribution is -0.120. The Bertz CT molecular complexity index is 658. The molecule has 1 amide bonds. The first-order valence-electron chi connectivity index (χ1n) is 7.39. The van der Waals surface area contributed by atoms with E-state index >= 15 is 0 Å². The van der Waals surface area contributed by atoms with Crippen LogP contribution in [-0.2, 0) is 11.3 Å². The molecule has 0 aromatic heterocycles. The minimum atomic E-state index is -0.328. The van der Waals surface area contributed by atoms with E-state index in [0.29, 0.717) is 12.2 Å². The van der Waals surface area contributed by atoms with Gasteiger partial charge in [-0.2, -0.15) is 0 Å². The van der Waals surface area contributed by atoms with Gasteiger partial charge in [-0.1, -0.05) is 12.1 Å². The second-order valence-corrected chi connectivity index (χ2v) is 5.44. The zero-order chi connectivity index (χ0) is 16.8. The number of nitrogens with one attached hydrogen (secondary N) is 1. The monoisotopic (exact) mass is 316 g/mol. The third kappa shape index (κ3) is 4.79. The molecule has 1 N–H and O–H groups in total. The number of carbonyl (C=O) groups excluding carboxylic acids is 1. The van der Waals surface area contributed by atoms with Crippen molar-refractivity contribution in [1.82, 2.24) is 4.90 Å². The number of likely N-dealkylation sites (N-methyl/N-ethyl adjacent to an activating group) is 1. The van der Waals surface area contributed by atoms with E-state index < -0.39 is 0 Å². The summed E-state index contributed by atoms with van der Waals surface area (Å²) in [7, 11) is 3.51. The molecule has 0 aliphatic rings. The maximum Gasteiger partial charge on any atom is 0.241 e. The van der Waals surface area contributed by atoms with Gasteiger partial charge in [0, 0.05) is 12.2 Å². The number of rotatable bonds is 6. The Morgan fingerprint density at radius 3 is 2.61 bits per heavy atom. The first-order valence-corrected chi connectivity index (χ1v) is 7.39. The normalized spacial score (nSPS) is 12.0. The molecule has 2 aromatic carbocycles. The summed E-state index contributed by atoms with van der Waals surface area (Å²) in [5.74, 6) is 0.326. The van der Waals surface area contributed by atoms with E-state index in [0.717, 1.165) is 11.3 Å². The van der Waals surface area contributed by atoms with Crippen LogP contribution in [-0.4, -0.2) is 31.0 Å². The third-order valence-corrected chi connectivity index (χ3v) is 3.72. The summed E-state index contributed by atoms with van der Waals surface area (Å²) in [4.78, 5) is 14.2. The molecule has 1 atom stereocenters. The lowest BCUT2D eigenvalue weighted by Gasteiger charge is -2.24. The standard InChI is InChI=1S/C18H21FN2O2/c1-13(18(22)20-16-9-7-15(19)8-10-16)21(2)12-14-5-4-6-17(11-14)23-3/h4-11,13H,12H2,1-3H3,(H,20,22)/t13-/m1/s1. The fourth-order valence-corrected chi connectivity index (χ4v) is 2.18. The number of methoxy groups -OCH3 is 1. The van der Waals surface area contributed by atoms with Gasteiger partial charge in [0.05, 0.1) is 13.2 Å². The zero-order valence-electron chi connectivity index (χ0n) is 13.5. The molecule has 0 fully saturated rings. The van der Waals surface area contributed by atoms with E-state index in [1.54, 1.807) is 19.2 Å². The van der Waals surface area contributed by atoms with Crippen LogP contribution < -0.4 is 10.1 Å². The van der Waals surface area contributed by atoms with Crippen molar-refractivity contribution >= 4 is 11.6 Å². The number of hydrogen-bond acceptors (Lipinski definition) is 3. The topological polar surface area (TPSA) is 41.6 Å². The molecule has 4 nitrogen and oxygen atoms in total. The Kier molecular flexibility index (Phi) is 5.71. The van der Waals surface area contributed by atoms with Crippen molar-refractivity contribution < 1.29 is 13.9 Å². The molecule has 0 saturated heterocycles. The Balaban J connectivity index is 1.96. The van der Waals surface area contributed by atoms with Crippen molar-refractivity contribution in [2.75, 3.05) is 19.5 Å². The van der Waals surface area contributed by atoms with Gasteiger partial charge in [-0.3, -0.25) is 9.69 Å². The van der Waals surface area contributed by atoms with Gasteiger partial charge in [-0.25, -0.2) is 4.39 Å². The number of carbonyl (C=O) groups is 1. The van der Waals surface area contributed by atoms with Gasteiger partial charge in [0.25, 0.3) is 0 Å². The van der Waals surface area contributed by atoms with Crippen molar-refractivity contribution in [1.29, 1.82) is 0 Å². The summed E-state index contributed by atoms with van der Waals surface area (Å²) in [5.41, 5.74) is 1.64. The van der Waals surface area contributed by atoms with Gasteiger partial charge in [0.2, 0.25) is 5.91 Å². The summed E-state index contributed by atoms with van der Waals surface area (Å²) < 4.78 is 18.1. The summed E-state index contributed by atoms with van der Waals surface area (Å²) in [6.45, 7) is 2.45. The predicted octanol–water partition coefficient (Wildman–Crippen LogP) is 3.29. The maximum absolute atomic E-state index is 12.9. The minimum absolute atomic E-state index is 0.137. The molecule has 0 heterocycles.